The quantitative estimate of drug-likeness (QED) is 0.777. The molecule has 0 fully saturated rings. The van der Waals surface area contributed by atoms with E-state index in [1.165, 1.54) is 23.2 Å². The van der Waals surface area contributed by atoms with Crippen LogP contribution >= 0.6 is 0 Å². The van der Waals surface area contributed by atoms with Gasteiger partial charge in [-0.25, -0.2) is 0 Å². The van der Waals surface area contributed by atoms with Gasteiger partial charge in [-0.15, -0.1) is 0 Å². The lowest BCUT2D eigenvalue weighted by atomic mass is 10.1. The lowest BCUT2D eigenvalue weighted by Crippen LogP contribution is -2.27. The molecule has 108 valence electrons. The molecule has 0 saturated carbocycles. The second-order valence-electron chi connectivity index (χ2n) is 5.39. The molecule has 19 heavy (non-hydrogen) atoms. The Morgan fingerprint density at radius 3 is 2.42 bits per heavy atom. The number of hydrogen-bond acceptors (Lipinski definition) is 3. The van der Waals surface area contributed by atoms with Crippen LogP contribution in [0.3, 0.4) is 0 Å². The highest BCUT2D eigenvalue weighted by Gasteiger charge is 2.08. The van der Waals surface area contributed by atoms with Crippen LogP contribution in [-0.4, -0.2) is 45.7 Å². The fourth-order valence-electron chi connectivity index (χ4n) is 2.41. The topological polar surface area (TPSA) is 18.5 Å². The Morgan fingerprint density at radius 2 is 1.89 bits per heavy atom. The smallest absolute Gasteiger partial charge is 0.0396 e. The van der Waals surface area contributed by atoms with Crippen molar-refractivity contribution < 1.29 is 0 Å². The first-order chi connectivity index (χ1) is 9.08. The van der Waals surface area contributed by atoms with E-state index in [0.717, 1.165) is 26.2 Å². The van der Waals surface area contributed by atoms with Crippen molar-refractivity contribution in [1.29, 1.82) is 0 Å². The number of benzene rings is 1. The second-order valence-corrected chi connectivity index (χ2v) is 5.39. The summed E-state index contributed by atoms with van der Waals surface area (Å²) in [5.41, 5.74) is 4.11. The van der Waals surface area contributed by atoms with Gasteiger partial charge in [-0.3, -0.25) is 0 Å². The van der Waals surface area contributed by atoms with Crippen LogP contribution in [0.5, 0.6) is 0 Å². The first kappa shape index (κ1) is 16.0. The molecule has 0 amide bonds. The average molecular weight is 263 g/mol. The van der Waals surface area contributed by atoms with Gasteiger partial charge < -0.3 is 15.1 Å². The van der Waals surface area contributed by atoms with Crippen molar-refractivity contribution in [3.8, 4) is 0 Å². The highest BCUT2D eigenvalue weighted by molar-refractivity contribution is 5.54. The molecule has 1 N–H and O–H groups in total. The minimum Gasteiger partial charge on any atom is -0.372 e. The predicted molar refractivity (Wildman–Crippen MR) is 85.0 cm³/mol. The first-order valence-corrected chi connectivity index (χ1v) is 7.22. The molecule has 0 aliphatic rings. The van der Waals surface area contributed by atoms with Gasteiger partial charge in [0.05, 0.1) is 0 Å². The first-order valence-electron chi connectivity index (χ1n) is 7.22. The van der Waals surface area contributed by atoms with Crippen LogP contribution in [0.1, 0.15) is 24.5 Å². The van der Waals surface area contributed by atoms with Gasteiger partial charge in [0, 0.05) is 25.3 Å². The lowest BCUT2D eigenvalue weighted by molar-refractivity contribution is 0.400. The Hall–Kier alpha value is -1.06. The summed E-state index contributed by atoms with van der Waals surface area (Å²) < 4.78 is 0. The van der Waals surface area contributed by atoms with Crippen LogP contribution in [0, 0.1) is 6.92 Å². The average Bonchev–Trinajstić information content (AvgIpc) is 2.36. The third-order valence-corrected chi connectivity index (χ3v) is 3.40. The van der Waals surface area contributed by atoms with E-state index in [2.05, 4.69) is 61.3 Å². The molecule has 1 aromatic rings. The number of nitrogens with one attached hydrogen (secondary N) is 1. The predicted octanol–water partition coefficient (Wildman–Crippen LogP) is 2.49. The maximum absolute atomic E-state index is 3.20. The van der Waals surface area contributed by atoms with E-state index in [9.17, 15) is 0 Å². The van der Waals surface area contributed by atoms with Crippen molar-refractivity contribution in [2.24, 2.45) is 0 Å². The van der Waals surface area contributed by atoms with Gasteiger partial charge in [0.25, 0.3) is 0 Å². The molecule has 3 heteroatoms. The number of nitrogens with zero attached hydrogens (tertiary/aromatic N) is 2. The van der Waals surface area contributed by atoms with Crippen LogP contribution in [-0.2, 0) is 6.54 Å². The minimum atomic E-state index is 0.938. The zero-order chi connectivity index (χ0) is 14.3. The van der Waals surface area contributed by atoms with Gasteiger partial charge in [0.15, 0.2) is 0 Å². The van der Waals surface area contributed by atoms with E-state index in [1.807, 2.05) is 7.05 Å². The molecule has 0 unspecified atom stereocenters. The second kappa shape index (κ2) is 8.18. The summed E-state index contributed by atoms with van der Waals surface area (Å²) in [7, 11) is 6.25. The van der Waals surface area contributed by atoms with Crippen molar-refractivity contribution in [3.05, 3.63) is 29.3 Å². The van der Waals surface area contributed by atoms with Crippen molar-refractivity contribution >= 4 is 5.69 Å². The van der Waals surface area contributed by atoms with Crippen LogP contribution < -0.4 is 10.2 Å². The Morgan fingerprint density at radius 1 is 1.16 bits per heavy atom. The standard InChI is InChI=1S/C16H29N3/c1-6-19(11-7-10-18(4)5)16-9-8-15(13-17-3)12-14(16)2/h8-9,12,17H,6-7,10-11,13H2,1-5H3. The molecule has 0 saturated heterocycles. The summed E-state index contributed by atoms with van der Waals surface area (Å²) in [6, 6.07) is 6.79. The van der Waals surface area contributed by atoms with Crippen LogP contribution in [0.2, 0.25) is 0 Å². The fraction of sp³-hybridized carbons (Fsp3) is 0.625. The van der Waals surface area contributed by atoms with Gasteiger partial charge in [0.1, 0.15) is 0 Å². The van der Waals surface area contributed by atoms with E-state index in [4.69, 9.17) is 0 Å². The van der Waals surface area contributed by atoms with Crippen LogP contribution in [0.15, 0.2) is 18.2 Å². The number of rotatable bonds is 8. The fourth-order valence-corrected chi connectivity index (χ4v) is 2.41. The van der Waals surface area contributed by atoms with Gasteiger partial charge in [-0.05, 0) is 65.1 Å². The number of aryl methyl sites for hydroxylation is 1. The molecule has 3 nitrogen and oxygen atoms in total. The van der Waals surface area contributed by atoms with Gasteiger partial charge in [0.2, 0.25) is 0 Å². The van der Waals surface area contributed by atoms with E-state index >= 15 is 0 Å². The normalized spacial score (nSPS) is 11.1. The molecule has 0 atom stereocenters. The Bertz CT molecular complexity index is 374. The summed E-state index contributed by atoms with van der Waals surface area (Å²) in [5, 5.41) is 3.20. The van der Waals surface area contributed by atoms with Crippen LogP contribution in [0.25, 0.3) is 0 Å². The Balaban J connectivity index is 2.69. The molecule has 0 bridgehead atoms. The summed E-state index contributed by atoms with van der Waals surface area (Å²) in [4.78, 5) is 4.72. The Labute approximate surface area is 118 Å². The molecule has 0 aliphatic carbocycles. The third kappa shape index (κ3) is 5.21. The molecule has 1 aromatic carbocycles. The van der Waals surface area contributed by atoms with E-state index in [1.54, 1.807) is 0 Å². The van der Waals surface area contributed by atoms with E-state index in [0.29, 0.717) is 0 Å². The summed E-state index contributed by atoms with van der Waals surface area (Å²) in [6.45, 7) is 8.72. The molecular formula is C16H29N3. The van der Waals surface area contributed by atoms with Crippen molar-refractivity contribution in [3.63, 3.8) is 0 Å². The highest BCUT2D eigenvalue weighted by Crippen LogP contribution is 2.21. The number of hydrogen-bond donors (Lipinski definition) is 1. The minimum absolute atomic E-state index is 0.938. The molecule has 0 spiro atoms. The molecule has 0 aliphatic heterocycles. The molecule has 0 heterocycles. The van der Waals surface area contributed by atoms with Crippen molar-refractivity contribution in [1.82, 2.24) is 10.2 Å². The Kier molecular flexibility index (Phi) is 6.89. The molecule has 0 radical (unpaired) electrons. The van der Waals surface area contributed by atoms with Crippen LogP contribution in [0.4, 0.5) is 5.69 Å². The van der Waals surface area contributed by atoms with Crippen molar-refractivity contribution in [2.45, 2.75) is 26.8 Å². The summed E-state index contributed by atoms with van der Waals surface area (Å²) in [6.07, 6.45) is 1.21. The maximum atomic E-state index is 3.20. The summed E-state index contributed by atoms with van der Waals surface area (Å²) >= 11 is 0. The third-order valence-electron chi connectivity index (χ3n) is 3.40. The van der Waals surface area contributed by atoms with Gasteiger partial charge in [-0.2, -0.15) is 0 Å². The van der Waals surface area contributed by atoms with Crippen molar-refractivity contribution in [2.75, 3.05) is 45.7 Å². The zero-order valence-electron chi connectivity index (χ0n) is 13.2. The molecule has 0 aromatic heterocycles. The van der Waals surface area contributed by atoms with Gasteiger partial charge in [-0.1, -0.05) is 12.1 Å². The largest absolute Gasteiger partial charge is 0.372 e. The molecular weight excluding hydrogens is 234 g/mol. The highest BCUT2D eigenvalue weighted by atomic mass is 15.1. The number of anilines is 1. The monoisotopic (exact) mass is 263 g/mol. The SMILES string of the molecule is CCN(CCCN(C)C)c1ccc(CNC)cc1C. The van der Waals surface area contributed by atoms with E-state index in [-0.39, 0.29) is 0 Å². The summed E-state index contributed by atoms with van der Waals surface area (Å²) in [5.74, 6) is 0. The van der Waals surface area contributed by atoms with E-state index < -0.39 is 0 Å². The zero-order valence-corrected chi connectivity index (χ0v) is 13.2. The molecule has 1 rings (SSSR count). The maximum Gasteiger partial charge on any atom is 0.0396 e. The van der Waals surface area contributed by atoms with Gasteiger partial charge >= 0.3 is 0 Å². The lowest BCUT2D eigenvalue weighted by Gasteiger charge is -2.26.